The average molecular weight is 340 g/mol. The second kappa shape index (κ2) is 7.04. The molecule has 1 heterocycles. The molecule has 25 heavy (non-hydrogen) atoms. The summed E-state index contributed by atoms with van der Waals surface area (Å²) >= 11 is 0. The van der Waals surface area contributed by atoms with Crippen molar-refractivity contribution in [2.24, 2.45) is 0 Å². The Morgan fingerprint density at radius 3 is 2.68 bits per heavy atom. The van der Waals surface area contributed by atoms with E-state index in [1.807, 2.05) is 20.8 Å². The number of hydrogen-bond donors (Lipinski definition) is 1. The maximum Gasteiger partial charge on any atom is 0.410 e. The van der Waals surface area contributed by atoms with Crippen LogP contribution in [0.1, 0.15) is 45.7 Å². The van der Waals surface area contributed by atoms with Gasteiger partial charge in [0.25, 0.3) is 0 Å². The average Bonchev–Trinajstić information content (AvgIpc) is 3.01. The maximum atomic E-state index is 12.2. The lowest BCUT2D eigenvalue weighted by Crippen LogP contribution is -2.39. The Hall–Kier alpha value is -2.07. The van der Waals surface area contributed by atoms with Crippen molar-refractivity contribution in [3.63, 3.8) is 0 Å². The number of ether oxygens (including phenoxy) is 1. The standard InChI is InChI=1S/C21H28N2O2/c1-15(18-11-7-9-16-8-5-6-10-19(16)18)22-17-12-13-23(14-17)20(24)25-21(2,3)4/h5-11,15,17,22H,12-14H2,1-4H3/t15-,17?/m1/s1. The molecule has 1 aliphatic heterocycles. The van der Waals surface area contributed by atoms with Gasteiger partial charge in [0, 0.05) is 25.2 Å². The van der Waals surface area contributed by atoms with Crippen molar-refractivity contribution in [1.29, 1.82) is 0 Å². The van der Waals surface area contributed by atoms with E-state index in [2.05, 4.69) is 54.7 Å². The fraction of sp³-hybridized carbons (Fsp3) is 0.476. The Labute approximate surface area is 150 Å². The first-order valence-corrected chi connectivity index (χ1v) is 9.05. The van der Waals surface area contributed by atoms with Crippen LogP contribution in [0.5, 0.6) is 0 Å². The zero-order valence-electron chi connectivity index (χ0n) is 15.6. The molecular formula is C21H28N2O2. The van der Waals surface area contributed by atoms with Crippen LogP contribution in [0.4, 0.5) is 4.79 Å². The number of hydrogen-bond acceptors (Lipinski definition) is 3. The van der Waals surface area contributed by atoms with Gasteiger partial charge in [-0.05, 0) is 50.5 Å². The maximum absolute atomic E-state index is 12.2. The minimum Gasteiger partial charge on any atom is -0.444 e. The zero-order valence-corrected chi connectivity index (χ0v) is 15.6. The van der Waals surface area contributed by atoms with Gasteiger partial charge in [-0.1, -0.05) is 42.5 Å². The monoisotopic (exact) mass is 340 g/mol. The molecule has 2 aromatic carbocycles. The molecule has 0 spiro atoms. The van der Waals surface area contributed by atoms with E-state index in [0.717, 1.165) is 13.0 Å². The molecule has 1 amide bonds. The SMILES string of the molecule is C[C@@H](NC1CCN(C(=O)OC(C)(C)C)C1)c1cccc2ccccc12. The van der Waals surface area contributed by atoms with E-state index in [4.69, 9.17) is 4.74 Å². The van der Waals surface area contributed by atoms with Crippen LogP contribution in [0.3, 0.4) is 0 Å². The third-order valence-corrected chi connectivity index (χ3v) is 4.62. The van der Waals surface area contributed by atoms with E-state index < -0.39 is 5.60 Å². The topological polar surface area (TPSA) is 41.6 Å². The van der Waals surface area contributed by atoms with Crippen LogP contribution >= 0.6 is 0 Å². The Morgan fingerprint density at radius 1 is 1.20 bits per heavy atom. The van der Waals surface area contributed by atoms with Crippen LogP contribution in [-0.2, 0) is 4.74 Å². The summed E-state index contributed by atoms with van der Waals surface area (Å²) in [5, 5.41) is 6.23. The molecule has 2 atom stereocenters. The van der Waals surface area contributed by atoms with Gasteiger partial charge in [0.05, 0.1) is 0 Å². The van der Waals surface area contributed by atoms with E-state index in [-0.39, 0.29) is 12.1 Å². The third kappa shape index (κ3) is 4.31. The summed E-state index contributed by atoms with van der Waals surface area (Å²) in [6, 6.07) is 15.4. The summed E-state index contributed by atoms with van der Waals surface area (Å²) in [7, 11) is 0. The van der Waals surface area contributed by atoms with Crippen molar-refractivity contribution in [3.05, 3.63) is 48.0 Å². The highest BCUT2D eigenvalue weighted by Crippen LogP contribution is 2.25. The molecule has 134 valence electrons. The number of benzene rings is 2. The molecule has 0 bridgehead atoms. The molecular weight excluding hydrogens is 312 g/mol. The number of amides is 1. The van der Waals surface area contributed by atoms with Gasteiger partial charge in [-0.25, -0.2) is 4.79 Å². The van der Waals surface area contributed by atoms with E-state index in [0.29, 0.717) is 12.6 Å². The van der Waals surface area contributed by atoms with Crippen molar-refractivity contribution in [1.82, 2.24) is 10.2 Å². The second-order valence-electron chi connectivity index (χ2n) is 7.87. The highest BCUT2D eigenvalue weighted by atomic mass is 16.6. The van der Waals surface area contributed by atoms with Crippen molar-refractivity contribution in [2.45, 2.75) is 51.8 Å². The van der Waals surface area contributed by atoms with Crippen LogP contribution in [0.15, 0.2) is 42.5 Å². The summed E-state index contributed by atoms with van der Waals surface area (Å²) in [4.78, 5) is 14.0. The molecule has 3 rings (SSSR count). The lowest BCUT2D eigenvalue weighted by atomic mass is 9.99. The van der Waals surface area contributed by atoms with E-state index in [1.165, 1.54) is 16.3 Å². The van der Waals surface area contributed by atoms with Gasteiger partial charge in [-0.3, -0.25) is 0 Å². The lowest BCUT2D eigenvalue weighted by molar-refractivity contribution is 0.0290. The van der Waals surface area contributed by atoms with Crippen LogP contribution < -0.4 is 5.32 Å². The normalized spacial score (nSPS) is 19.2. The van der Waals surface area contributed by atoms with E-state index in [9.17, 15) is 4.79 Å². The predicted octanol–water partition coefficient (Wildman–Crippen LogP) is 4.50. The molecule has 4 nitrogen and oxygen atoms in total. The van der Waals surface area contributed by atoms with Gasteiger partial charge in [0.15, 0.2) is 0 Å². The molecule has 0 saturated carbocycles. The fourth-order valence-electron chi connectivity index (χ4n) is 3.46. The predicted molar refractivity (Wildman–Crippen MR) is 102 cm³/mol. The Morgan fingerprint density at radius 2 is 1.92 bits per heavy atom. The number of nitrogens with zero attached hydrogens (tertiary/aromatic N) is 1. The smallest absolute Gasteiger partial charge is 0.410 e. The Bertz CT molecular complexity index is 746. The van der Waals surface area contributed by atoms with Gasteiger partial charge < -0.3 is 15.0 Å². The molecule has 0 aliphatic carbocycles. The van der Waals surface area contributed by atoms with Crippen LogP contribution in [-0.4, -0.2) is 35.7 Å². The minimum atomic E-state index is -0.446. The fourth-order valence-corrected chi connectivity index (χ4v) is 3.46. The molecule has 2 aromatic rings. The van der Waals surface area contributed by atoms with Crippen molar-refractivity contribution < 1.29 is 9.53 Å². The highest BCUT2D eigenvalue weighted by Gasteiger charge is 2.30. The van der Waals surface area contributed by atoms with Crippen LogP contribution in [0.25, 0.3) is 10.8 Å². The molecule has 1 saturated heterocycles. The van der Waals surface area contributed by atoms with E-state index in [1.54, 1.807) is 4.90 Å². The number of likely N-dealkylation sites (tertiary alicyclic amines) is 1. The van der Waals surface area contributed by atoms with E-state index >= 15 is 0 Å². The number of rotatable bonds is 3. The third-order valence-electron chi connectivity index (χ3n) is 4.62. The quantitative estimate of drug-likeness (QED) is 0.894. The number of carbonyl (C=O) groups excluding carboxylic acids is 1. The van der Waals surface area contributed by atoms with Gasteiger partial charge >= 0.3 is 6.09 Å². The molecule has 1 N–H and O–H groups in total. The van der Waals surface area contributed by atoms with Gasteiger partial charge in [0.2, 0.25) is 0 Å². The first kappa shape index (κ1) is 17.7. The van der Waals surface area contributed by atoms with Gasteiger partial charge in [-0.15, -0.1) is 0 Å². The summed E-state index contributed by atoms with van der Waals surface area (Å²) in [5.74, 6) is 0. The summed E-state index contributed by atoms with van der Waals surface area (Å²) in [6.07, 6.45) is 0.739. The van der Waals surface area contributed by atoms with Gasteiger partial charge in [0.1, 0.15) is 5.60 Å². The van der Waals surface area contributed by atoms with Crippen molar-refractivity contribution in [3.8, 4) is 0 Å². The van der Waals surface area contributed by atoms with Crippen molar-refractivity contribution in [2.75, 3.05) is 13.1 Å². The molecule has 1 unspecified atom stereocenters. The molecule has 4 heteroatoms. The van der Waals surface area contributed by atoms with Gasteiger partial charge in [-0.2, -0.15) is 0 Å². The summed E-state index contributed by atoms with van der Waals surface area (Å²) in [6.45, 7) is 9.34. The van der Waals surface area contributed by atoms with Crippen LogP contribution in [0, 0.1) is 0 Å². The Kier molecular flexibility index (Phi) is 5.00. The summed E-state index contributed by atoms with van der Waals surface area (Å²) in [5.41, 5.74) is 0.854. The lowest BCUT2D eigenvalue weighted by Gasteiger charge is -2.25. The number of nitrogens with one attached hydrogen (secondary N) is 1. The summed E-state index contributed by atoms with van der Waals surface area (Å²) < 4.78 is 5.48. The zero-order chi connectivity index (χ0) is 18.0. The second-order valence-corrected chi connectivity index (χ2v) is 7.87. The first-order chi connectivity index (χ1) is 11.8. The molecule has 1 fully saturated rings. The highest BCUT2D eigenvalue weighted by molar-refractivity contribution is 5.86. The minimum absolute atomic E-state index is 0.213. The van der Waals surface area contributed by atoms with Crippen LogP contribution in [0.2, 0.25) is 0 Å². The molecule has 0 radical (unpaired) electrons. The number of fused-ring (bicyclic) bond motifs is 1. The first-order valence-electron chi connectivity index (χ1n) is 9.05. The molecule has 1 aliphatic rings. The van der Waals surface area contributed by atoms with Crippen molar-refractivity contribution >= 4 is 16.9 Å². The largest absolute Gasteiger partial charge is 0.444 e. The molecule has 0 aromatic heterocycles. The Balaban J connectivity index is 1.64. The number of carbonyl (C=O) groups is 1.